The third-order valence-corrected chi connectivity index (χ3v) is 9.58. The van der Waals surface area contributed by atoms with Crippen molar-refractivity contribution < 1.29 is 24.2 Å². The fourth-order valence-electron chi connectivity index (χ4n) is 6.39. The molecule has 0 saturated heterocycles. The van der Waals surface area contributed by atoms with Crippen LogP contribution in [0.2, 0.25) is 0 Å². The van der Waals surface area contributed by atoms with Crippen LogP contribution in [0.25, 0.3) is 0 Å². The summed E-state index contributed by atoms with van der Waals surface area (Å²) < 4.78 is 10.6. The fraction of sp³-hybridized carbons (Fsp3) is 0.952. The van der Waals surface area contributed by atoms with Gasteiger partial charge in [0.05, 0.1) is 6.61 Å². The van der Waals surface area contributed by atoms with Crippen molar-refractivity contribution in [2.45, 2.75) is 239 Å². The van der Waals surface area contributed by atoms with Gasteiger partial charge in [-0.3, -0.25) is 9.59 Å². The molecule has 0 rings (SSSR count). The second-order valence-corrected chi connectivity index (χ2v) is 14.9. The van der Waals surface area contributed by atoms with Crippen molar-refractivity contribution in [1.82, 2.24) is 0 Å². The highest BCUT2D eigenvalue weighted by Crippen LogP contribution is 2.16. The summed E-state index contributed by atoms with van der Waals surface area (Å²) in [6, 6.07) is 0. The van der Waals surface area contributed by atoms with Gasteiger partial charge in [0.15, 0.2) is 6.10 Å². The van der Waals surface area contributed by atoms with Crippen molar-refractivity contribution in [1.29, 1.82) is 0 Å². The summed E-state index contributed by atoms with van der Waals surface area (Å²) in [5, 5.41) is 9.56. The fourth-order valence-corrected chi connectivity index (χ4v) is 6.39. The Labute approximate surface area is 293 Å². The molecule has 0 aromatic rings. The van der Waals surface area contributed by atoms with E-state index in [1.165, 1.54) is 167 Å². The predicted octanol–water partition coefficient (Wildman–Crippen LogP) is 13.0. The molecule has 0 heterocycles. The Hall–Kier alpha value is -1.10. The summed E-state index contributed by atoms with van der Waals surface area (Å²) >= 11 is 0. The second kappa shape index (κ2) is 37.7. The van der Waals surface area contributed by atoms with Crippen LogP contribution in [0, 0.1) is 5.92 Å². The monoisotopic (exact) mass is 667 g/mol. The number of unbranched alkanes of at least 4 members (excludes halogenated alkanes) is 28. The lowest BCUT2D eigenvalue weighted by Crippen LogP contribution is -2.28. The number of aliphatic hydroxyl groups is 1. The zero-order chi connectivity index (χ0) is 34.5. The molecule has 47 heavy (non-hydrogen) atoms. The molecule has 0 aliphatic rings. The molecule has 0 saturated carbocycles. The Bertz CT molecular complexity index is 649. The van der Waals surface area contributed by atoms with E-state index in [-0.39, 0.29) is 25.2 Å². The van der Waals surface area contributed by atoms with Gasteiger partial charge in [-0.2, -0.15) is 0 Å². The number of aliphatic hydroxyl groups excluding tert-OH is 1. The van der Waals surface area contributed by atoms with E-state index in [0.29, 0.717) is 12.8 Å². The van der Waals surface area contributed by atoms with Crippen molar-refractivity contribution >= 4 is 11.9 Å². The summed E-state index contributed by atoms with van der Waals surface area (Å²) in [5.74, 6) is 0.267. The number of ether oxygens (including phenoxy) is 2. The predicted molar refractivity (Wildman–Crippen MR) is 201 cm³/mol. The molecule has 280 valence electrons. The third-order valence-electron chi connectivity index (χ3n) is 9.58. The van der Waals surface area contributed by atoms with Crippen LogP contribution in [-0.4, -0.2) is 36.4 Å². The molecule has 5 heteroatoms. The van der Waals surface area contributed by atoms with Gasteiger partial charge in [0, 0.05) is 12.8 Å². The first kappa shape index (κ1) is 45.9. The molecule has 0 aliphatic carbocycles. The molecule has 0 unspecified atom stereocenters. The SMILES string of the molecule is CCCCCCCCCCCCCCCCCCCCC(=O)O[C@@H](CO)COC(=O)CCCCCCCCCCCCCCC(C)C. The maximum Gasteiger partial charge on any atom is 0.306 e. The van der Waals surface area contributed by atoms with E-state index in [2.05, 4.69) is 20.8 Å². The minimum atomic E-state index is -0.762. The van der Waals surface area contributed by atoms with E-state index in [1.54, 1.807) is 0 Å². The number of hydrogen-bond donors (Lipinski definition) is 1. The third kappa shape index (κ3) is 37.6. The number of carbonyl (C=O) groups is 2. The van der Waals surface area contributed by atoms with Crippen LogP contribution in [0.1, 0.15) is 233 Å². The molecule has 0 aromatic carbocycles. The highest BCUT2D eigenvalue weighted by molar-refractivity contribution is 5.70. The van der Waals surface area contributed by atoms with E-state index in [4.69, 9.17) is 9.47 Å². The lowest BCUT2D eigenvalue weighted by Gasteiger charge is -2.15. The Morgan fingerprint density at radius 3 is 1.13 bits per heavy atom. The summed E-state index contributed by atoms with van der Waals surface area (Å²) in [6.07, 6.45) is 40.2. The number of hydrogen-bond acceptors (Lipinski definition) is 5. The standard InChI is InChI=1S/C42H82O5/c1-4-5-6-7-8-9-10-11-12-13-14-15-16-21-24-27-30-33-36-42(45)47-40(37-43)38-46-41(44)35-32-29-26-23-20-18-17-19-22-25-28-31-34-39(2)3/h39-40,43H,4-38H2,1-3H3/t40-/m0/s1. The highest BCUT2D eigenvalue weighted by atomic mass is 16.6. The molecule has 0 fully saturated rings. The van der Waals surface area contributed by atoms with E-state index >= 15 is 0 Å². The first-order valence-electron chi connectivity index (χ1n) is 21.0. The van der Waals surface area contributed by atoms with Crippen LogP contribution in [0.15, 0.2) is 0 Å². The molecule has 0 radical (unpaired) electrons. The maximum absolute atomic E-state index is 12.2. The van der Waals surface area contributed by atoms with Crippen molar-refractivity contribution in [2.24, 2.45) is 5.92 Å². The summed E-state index contributed by atoms with van der Waals surface area (Å²) in [5.41, 5.74) is 0. The molecule has 1 atom stereocenters. The van der Waals surface area contributed by atoms with E-state index in [9.17, 15) is 14.7 Å². The topological polar surface area (TPSA) is 72.8 Å². The van der Waals surface area contributed by atoms with Crippen LogP contribution in [0.4, 0.5) is 0 Å². The zero-order valence-corrected chi connectivity index (χ0v) is 32.0. The zero-order valence-electron chi connectivity index (χ0n) is 32.0. The lowest BCUT2D eigenvalue weighted by atomic mass is 10.0. The van der Waals surface area contributed by atoms with Gasteiger partial charge >= 0.3 is 11.9 Å². The Morgan fingerprint density at radius 1 is 0.468 bits per heavy atom. The van der Waals surface area contributed by atoms with E-state index in [0.717, 1.165) is 38.0 Å². The smallest absolute Gasteiger partial charge is 0.306 e. The average molecular weight is 667 g/mol. The number of esters is 2. The first-order valence-corrected chi connectivity index (χ1v) is 21.0. The quantitative estimate of drug-likeness (QED) is 0.0524. The molecule has 0 aromatic heterocycles. The largest absolute Gasteiger partial charge is 0.462 e. The van der Waals surface area contributed by atoms with Crippen molar-refractivity contribution in [3.63, 3.8) is 0 Å². The Kier molecular flexibility index (Phi) is 36.8. The van der Waals surface area contributed by atoms with Crippen LogP contribution in [0.5, 0.6) is 0 Å². The molecule has 0 aliphatic heterocycles. The van der Waals surface area contributed by atoms with Gasteiger partial charge in [0.2, 0.25) is 0 Å². The van der Waals surface area contributed by atoms with Crippen molar-refractivity contribution in [3.8, 4) is 0 Å². The molecule has 1 N–H and O–H groups in total. The molecular weight excluding hydrogens is 584 g/mol. The minimum Gasteiger partial charge on any atom is -0.462 e. The molecule has 0 spiro atoms. The number of rotatable bonds is 38. The maximum atomic E-state index is 12.2. The van der Waals surface area contributed by atoms with Gasteiger partial charge in [-0.05, 0) is 18.8 Å². The molecule has 0 amide bonds. The molecule has 5 nitrogen and oxygen atoms in total. The first-order chi connectivity index (χ1) is 23.0. The summed E-state index contributed by atoms with van der Waals surface area (Å²) in [4.78, 5) is 24.3. The molecule has 0 bridgehead atoms. The summed E-state index contributed by atoms with van der Waals surface area (Å²) in [6.45, 7) is 6.52. The van der Waals surface area contributed by atoms with Crippen molar-refractivity contribution in [3.05, 3.63) is 0 Å². The van der Waals surface area contributed by atoms with Crippen LogP contribution in [0.3, 0.4) is 0 Å². The highest BCUT2D eigenvalue weighted by Gasteiger charge is 2.16. The van der Waals surface area contributed by atoms with Gasteiger partial charge in [0.1, 0.15) is 6.61 Å². The van der Waals surface area contributed by atoms with Crippen LogP contribution >= 0.6 is 0 Å². The Morgan fingerprint density at radius 2 is 0.787 bits per heavy atom. The van der Waals surface area contributed by atoms with Crippen LogP contribution in [-0.2, 0) is 19.1 Å². The van der Waals surface area contributed by atoms with Gasteiger partial charge in [-0.1, -0.05) is 207 Å². The second-order valence-electron chi connectivity index (χ2n) is 14.9. The average Bonchev–Trinajstić information content (AvgIpc) is 3.06. The van der Waals surface area contributed by atoms with Gasteiger partial charge in [0.25, 0.3) is 0 Å². The van der Waals surface area contributed by atoms with Gasteiger partial charge in [-0.15, -0.1) is 0 Å². The molecular formula is C42H82O5. The lowest BCUT2D eigenvalue weighted by molar-refractivity contribution is -0.161. The van der Waals surface area contributed by atoms with Crippen molar-refractivity contribution in [2.75, 3.05) is 13.2 Å². The minimum absolute atomic E-state index is 0.0576. The van der Waals surface area contributed by atoms with Gasteiger partial charge in [-0.25, -0.2) is 0 Å². The van der Waals surface area contributed by atoms with E-state index in [1.807, 2.05) is 0 Å². The van der Waals surface area contributed by atoms with Gasteiger partial charge < -0.3 is 14.6 Å². The Balaban J connectivity index is 3.48. The summed E-state index contributed by atoms with van der Waals surface area (Å²) in [7, 11) is 0. The normalized spacial score (nSPS) is 12.1. The number of carbonyl (C=O) groups excluding carboxylic acids is 2. The van der Waals surface area contributed by atoms with E-state index < -0.39 is 6.10 Å². The van der Waals surface area contributed by atoms with Crippen LogP contribution < -0.4 is 0 Å².